The van der Waals surface area contributed by atoms with Crippen LogP contribution in [-0.4, -0.2) is 0 Å². The molecule has 0 aliphatic heterocycles. The average Bonchev–Trinajstić information content (AvgIpc) is 2.44. The fraction of sp³-hybridized carbons (Fsp3) is 0.250. The molecule has 0 atom stereocenters. The summed E-state index contributed by atoms with van der Waals surface area (Å²) in [7, 11) is 0. The topological polar surface area (TPSA) is 12.0 Å². The lowest BCUT2D eigenvalue weighted by Gasteiger charge is -2.11. The van der Waals surface area contributed by atoms with Gasteiger partial charge in [0, 0.05) is 12.2 Å². The van der Waals surface area contributed by atoms with Crippen molar-refractivity contribution in [3.8, 4) is 0 Å². The van der Waals surface area contributed by atoms with E-state index in [2.05, 4.69) is 5.32 Å². The zero-order valence-corrected chi connectivity index (χ0v) is 11.5. The van der Waals surface area contributed by atoms with Gasteiger partial charge in [0.2, 0.25) is 0 Å². The van der Waals surface area contributed by atoms with Gasteiger partial charge < -0.3 is 5.32 Å². The van der Waals surface area contributed by atoms with Gasteiger partial charge in [0.05, 0.1) is 5.56 Å². The number of alkyl halides is 3. The second-order valence-corrected chi connectivity index (χ2v) is 4.75. The van der Waals surface area contributed by atoms with Gasteiger partial charge in [0.25, 0.3) is 0 Å². The van der Waals surface area contributed by atoms with Gasteiger partial charge in [-0.05, 0) is 47.9 Å². The third kappa shape index (κ3) is 4.21. The molecule has 0 fully saturated rings. The van der Waals surface area contributed by atoms with Crippen molar-refractivity contribution in [2.45, 2.75) is 26.1 Å². The minimum atomic E-state index is -4.54. The maximum Gasteiger partial charge on any atom is 0.416 e. The molecule has 0 bridgehead atoms. The number of hydrogen-bond acceptors (Lipinski definition) is 1. The Kier molecular flexibility index (Phi) is 4.50. The van der Waals surface area contributed by atoms with E-state index in [9.17, 15) is 17.6 Å². The van der Waals surface area contributed by atoms with Crippen molar-refractivity contribution in [2.24, 2.45) is 0 Å². The highest BCUT2D eigenvalue weighted by molar-refractivity contribution is 5.46. The molecule has 2 rings (SSSR count). The summed E-state index contributed by atoms with van der Waals surface area (Å²) in [5.41, 5.74) is 1.20. The summed E-state index contributed by atoms with van der Waals surface area (Å²) in [5, 5.41) is 3.01. The van der Waals surface area contributed by atoms with Crippen molar-refractivity contribution in [1.82, 2.24) is 0 Å². The van der Waals surface area contributed by atoms with Gasteiger partial charge in [-0.2, -0.15) is 13.2 Å². The Morgan fingerprint density at radius 2 is 1.76 bits per heavy atom. The van der Waals surface area contributed by atoms with Gasteiger partial charge in [-0.15, -0.1) is 0 Å². The van der Waals surface area contributed by atoms with E-state index in [1.54, 1.807) is 0 Å². The first kappa shape index (κ1) is 15.4. The van der Waals surface area contributed by atoms with E-state index in [4.69, 9.17) is 0 Å². The van der Waals surface area contributed by atoms with E-state index in [1.807, 2.05) is 31.2 Å². The van der Waals surface area contributed by atoms with Crippen molar-refractivity contribution >= 4 is 5.69 Å². The van der Waals surface area contributed by atoms with Gasteiger partial charge in [-0.3, -0.25) is 0 Å². The van der Waals surface area contributed by atoms with Crippen LogP contribution in [0.4, 0.5) is 23.2 Å². The Hall–Kier alpha value is -2.04. The molecule has 0 heterocycles. The van der Waals surface area contributed by atoms with Gasteiger partial charge in [-0.1, -0.05) is 19.1 Å². The number of hydrogen-bond donors (Lipinski definition) is 1. The standard InChI is InChI=1S/C16H15F4N/c1-2-11-4-3-5-15(8-11)21-10-12-6-13(16(18,19)20)9-14(17)7-12/h3-9,21H,2,10H2,1H3. The van der Waals surface area contributed by atoms with Crippen LogP contribution in [-0.2, 0) is 19.1 Å². The summed E-state index contributed by atoms with van der Waals surface area (Å²) >= 11 is 0. The number of nitrogens with one attached hydrogen (secondary N) is 1. The molecule has 0 amide bonds. The zero-order valence-electron chi connectivity index (χ0n) is 11.5. The molecule has 0 spiro atoms. The monoisotopic (exact) mass is 297 g/mol. The highest BCUT2D eigenvalue weighted by Crippen LogP contribution is 2.30. The summed E-state index contributed by atoms with van der Waals surface area (Å²) in [6.45, 7) is 2.15. The molecule has 5 heteroatoms. The molecule has 112 valence electrons. The summed E-state index contributed by atoms with van der Waals surface area (Å²) < 4.78 is 51.1. The predicted molar refractivity (Wildman–Crippen MR) is 74.5 cm³/mol. The lowest BCUT2D eigenvalue weighted by atomic mass is 10.1. The largest absolute Gasteiger partial charge is 0.416 e. The lowest BCUT2D eigenvalue weighted by Crippen LogP contribution is -2.08. The van der Waals surface area contributed by atoms with Crippen LogP contribution in [0, 0.1) is 5.82 Å². The molecule has 0 aliphatic rings. The van der Waals surface area contributed by atoms with Crippen LogP contribution in [0.3, 0.4) is 0 Å². The van der Waals surface area contributed by atoms with Gasteiger partial charge in [0.1, 0.15) is 5.82 Å². The van der Waals surface area contributed by atoms with E-state index in [-0.39, 0.29) is 12.1 Å². The molecule has 0 radical (unpaired) electrons. The van der Waals surface area contributed by atoms with Crippen molar-refractivity contribution in [2.75, 3.05) is 5.32 Å². The smallest absolute Gasteiger partial charge is 0.381 e. The van der Waals surface area contributed by atoms with Gasteiger partial charge in [-0.25, -0.2) is 4.39 Å². The minimum Gasteiger partial charge on any atom is -0.381 e. The highest BCUT2D eigenvalue weighted by atomic mass is 19.4. The third-order valence-corrected chi connectivity index (χ3v) is 3.12. The third-order valence-electron chi connectivity index (χ3n) is 3.12. The molecule has 0 unspecified atom stereocenters. The number of benzene rings is 2. The van der Waals surface area contributed by atoms with E-state index < -0.39 is 17.6 Å². The SMILES string of the molecule is CCc1cccc(NCc2cc(F)cc(C(F)(F)F)c2)c1. The summed E-state index contributed by atoms with van der Waals surface area (Å²) in [5.74, 6) is -0.885. The second kappa shape index (κ2) is 6.16. The number of aryl methyl sites for hydroxylation is 1. The number of rotatable bonds is 4. The first-order valence-corrected chi connectivity index (χ1v) is 6.58. The molecule has 2 aromatic rings. The first-order chi connectivity index (χ1) is 9.88. The fourth-order valence-corrected chi connectivity index (χ4v) is 2.02. The van der Waals surface area contributed by atoms with Crippen LogP contribution >= 0.6 is 0 Å². The molecule has 0 saturated carbocycles. The van der Waals surface area contributed by atoms with Crippen molar-refractivity contribution < 1.29 is 17.6 Å². The quantitative estimate of drug-likeness (QED) is 0.781. The average molecular weight is 297 g/mol. The molecular weight excluding hydrogens is 282 g/mol. The van der Waals surface area contributed by atoms with Crippen molar-refractivity contribution in [3.63, 3.8) is 0 Å². The maximum absolute atomic E-state index is 13.3. The Bertz CT molecular complexity index is 620. The van der Waals surface area contributed by atoms with Crippen LogP contribution in [0.5, 0.6) is 0 Å². The van der Waals surface area contributed by atoms with Crippen molar-refractivity contribution in [3.05, 3.63) is 65.0 Å². The van der Waals surface area contributed by atoms with Gasteiger partial charge in [0.15, 0.2) is 0 Å². The molecular formula is C16H15F4N. The Balaban J connectivity index is 2.14. The summed E-state index contributed by atoms with van der Waals surface area (Å²) in [6, 6.07) is 10.1. The minimum absolute atomic E-state index is 0.133. The van der Waals surface area contributed by atoms with E-state index >= 15 is 0 Å². The number of anilines is 1. The molecule has 1 N–H and O–H groups in total. The predicted octanol–water partition coefficient (Wildman–Crippen LogP) is 5.02. The van der Waals surface area contributed by atoms with Crippen molar-refractivity contribution in [1.29, 1.82) is 0 Å². The van der Waals surface area contributed by atoms with E-state index in [1.165, 1.54) is 0 Å². The lowest BCUT2D eigenvalue weighted by molar-refractivity contribution is -0.137. The van der Waals surface area contributed by atoms with Crippen LogP contribution in [0.1, 0.15) is 23.6 Å². The van der Waals surface area contributed by atoms with Gasteiger partial charge >= 0.3 is 6.18 Å². The fourth-order valence-electron chi connectivity index (χ4n) is 2.02. The van der Waals surface area contributed by atoms with E-state index in [0.29, 0.717) is 6.07 Å². The number of halogens is 4. The Morgan fingerprint density at radius 1 is 1.00 bits per heavy atom. The molecule has 2 aromatic carbocycles. The molecule has 1 nitrogen and oxygen atoms in total. The molecule has 21 heavy (non-hydrogen) atoms. The molecule has 0 saturated heterocycles. The Labute approximate surface area is 120 Å². The van der Waals surface area contributed by atoms with E-state index in [0.717, 1.165) is 29.8 Å². The second-order valence-electron chi connectivity index (χ2n) is 4.75. The zero-order chi connectivity index (χ0) is 15.5. The van der Waals surface area contributed by atoms with Crippen LogP contribution in [0.15, 0.2) is 42.5 Å². The van der Waals surface area contributed by atoms with Crippen LogP contribution in [0.25, 0.3) is 0 Å². The van der Waals surface area contributed by atoms with Crippen LogP contribution in [0.2, 0.25) is 0 Å². The maximum atomic E-state index is 13.3. The Morgan fingerprint density at radius 3 is 2.43 bits per heavy atom. The summed E-state index contributed by atoms with van der Waals surface area (Å²) in [6.07, 6.45) is -3.67. The molecule has 0 aliphatic carbocycles. The summed E-state index contributed by atoms with van der Waals surface area (Å²) in [4.78, 5) is 0. The molecule has 0 aromatic heterocycles. The highest BCUT2D eigenvalue weighted by Gasteiger charge is 2.31. The normalized spacial score (nSPS) is 11.5. The van der Waals surface area contributed by atoms with Crippen LogP contribution < -0.4 is 5.32 Å². The first-order valence-electron chi connectivity index (χ1n) is 6.58.